The Hall–Kier alpha value is -5.31. The lowest BCUT2D eigenvalue weighted by molar-refractivity contribution is -0.384. The van der Waals surface area contributed by atoms with Crippen molar-refractivity contribution < 1.29 is 28.3 Å². The van der Waals surface area contributed by atoms with E-state index in [-0.39, 0.29) is 29.5 Å². The van der Waals surface area contributed by atoms with Crippen molar-refractivity contribution in [1.29, 1.82) is 0 Å². The monoisotopic (exact) mass is 510 g/mol. The highest BCUT2D eigenvalue weighted by molar-refractivity contribution is 6.02. The van der Waals surface area contributed by atoms with E-state index >= 15 is 0 Å². The smallest absolute Gasteiger partial charge is 0.291 e. The standard InChI is InChI=1S/C29H22N2O7/c1-35-23-8-10-24(11-9-23)37-27-16-21(15-22(17-27)31(33)34)30-29(32)28-13-12-26(38-28)18-36-25-7-6-19-4-2-3-5-20(19)14-25/h2-17H,18H2,1H3,(H,30,32). The van der Waals surface area contributed by atoms with Crippen LogP contribution in [0.4, 0.5) is 11.4 Å². The van der Waals surface area contributed by atoms with E-state index < -0.39 is 10.8 Å². The molecule has 9 nitrogen and oxygen atoms in total. The molecule has 5 rings (SSSR count). The Morgan fingerprint density at radius 1 is 0.842 bits per heavy atom. The number of carbonyl (C=O) groups is 1. The molecule has 1 N–H and O–H groups in total. The number of amides is 1. The Kier molecular flexibility index (Phi) is 6.90. The summed E-state index contributed by atoms with van der Waals surface area (Å²) >= 11 is 0. The van der Waals surface area contributed by atoms with E-state index in [4.69, 9.17) is 18.6 Å². The van der Waals surface area contributed by atoms with Crippen LogP contribution in [-0.4, -0.2) is 17.9 Å². The summed E-state index contributed by atoms with van der Waals surface area (Å²) in [6.07, 6.45) is 0. The van der Waals surface area contributed by atoms with Gasteiger partial charge in [0.2, 0.25) is 0 Å². The minimum Gasteiger partial charge on any atom is -0.497 e. The van der Waals surface area contributed by atoms with E-state index in [1.165, 1.54) is 24.3 Å². The number of benzene rings is 4. The average Bonchev–Trinajstić information content (AvgIpc) is 3.41. The van der Waals surface area contributed by atoms with Crippen LogP contribution in [-0.2, 0) is 6.61 Å². The number of non-ortho nitro benzene ring substituents is 1. The molecule has 9 heteroatoms. The van der Waals surface area contributed by atoms with Gasteiger partial charge in [-0.05, 0) is 59.3 Å². The van der Waals surface area contributed by atoms with Crippen LogP contribution in [0.2, 0.25) is 0 Å². The summed E-state index contributed by atoms with van der Waals surface area (Å²) in [6.45, 7) is 0.127. The summed E-state index contributed by atoms with van der Waals surface area (Å²) in [5, 5.41) is 16.2. The van der Waals surface area contributed by atoms with Crippen molar-refractivity contribution in [2.75, 3.05) is 12.4 Å². The molecule has 0 bridgehead atoms. The maximum Gasteiger partial charge on any atom is 0.291 e. The molecule has 0 saturated heterocycles. The second-order valence-corrected chi connectivity index (χ2v) is 8.27. The Morgan fingerprint density at radius 2 is 1.58 bits per heavy atom. The van der Waals surface area contributed by atoms with Crippen LogP contribution in [0.25, 0.3) is 10.8 Å². The Bertz CT molecular complexity index is 1610. The number of nitro groups is 1. The van der Waals surface area contributed by atoms with Gasteiger partial charge in [-0.2, -0.15) is 0 Å². The summed E-state index contributed by atoms with van der Waals surface area (Å²) in [7, 11) is 1.55. The molecule has 0 spiro atoms. The molecule has 4 aromatic carbocycles. The Morgan fingerprint density at radius 3 is 2.34 bits per heavy atom. The molecule has 1 aromatic heterocycles. The molecule has 0 unspecified atom stereocenters. The molecular weight excluding hydrogens is 488 g/mol. The van der Waals surface area contributed by atoms with Crippen molar-refractivity contribution in [3.8, 4) is 23.0 Å². The lowest BCUT2D eigenvalue weighted by Crippen LogP contribution is -2.11. The highest BCUT2D eigenvalue weighted by atomic mass is 16.6. The lowest BCUT2D eigenvalue weighted by Gasteiger charge is -2.09. The van der Waals surface area contributed by atoms with Gasteiger partial charge in [-0.1, -0.05) is 30.3 Å². The summed E-state index contributed by atoms with van der Waals surface area (Å²) in [4.78, 5) is 23.7. The third kappa shape index (κ3) is 5.73. The molecule has 5 aromatic rings. The second-order valence-electron chi connectivity index (χ2n) is 8.27. The van der Waals surface area contributed by atoms with Gasteiger partial charge in [-0.15, -0.1) is 0 Å². The Labute approximate surface area is 217 Å². The number of furan rings is 1. The number of methoxy groups -OCH3 is 1. The van der Waals surface area contributed by atoms with Crippen molar-refractivity contribution >= 4 is 28.1 Å². The van der Waals surface area contributed by atoms with Crippen molar-refractivity contribution in [2.24, 2.45) is 0 Å². The first-order valence-corrected chi connectivity index (χ1v) is 11.6. The molecule has 1 amide bonds. The topological polar surface area (TPSA) is 113 Å². The minimum absolute atomic E-state index is 0.0336. The molecule has 0 aliphatic carbocycles. The first-order chi connectivity index (χ1) is 18.5. The van der Waals surface area contributed by atoms with Crippen LogP contribution in [0.1, 0.15) is 16.3 Å². The second kappa shape index (κ2) is 10.8. The zero-order chi connectivity index (χ0) is 26.5. The highest BCUT2D eigenvalue weighted by Gasteiger charge is 2.16. The molecule has 0 aliphatic rings. The van der Waals surface area contributed by atoms with Crippen LogP contribution in [0.5, 0.6) is 23.0 Å². The van der Waals surface area contributed by atoms with E-state index in [1.807, 2.05) is 42.5 Å². The van der Waals surface area contributed by atoms with Crippen molar-refractivity contribution in [2.45, 2.75) is 6.61 Å². The van der Waals surface area contributed by atoms with Crippen LogP contribution >= 0.6 is 0 Å². The number of nitro benzene ring substituents is 1. The third-order valence-electron chi connectivity index (χ3n) is 5.64. The molecule has 190 valence electrons. The van der Waals surface area contributed by atoms with E-state index in [2.05, 4.69) is 5.32 Å². The zero-order valence-corrected chi connectivity index (χ0v) is 20.2. The van der Waals surface area contributed by atoms with Crippen LogP contribution in [0, 0.1) is 10.1 Å². The van der Waals surface area contributed by atoms with Gasteiger partial charge in [0.1, 0.15) is 35.4 Å². The fraction of sp³-hybridized carbons (Fsp3) is 0.0690. The summed E-state index contributed by atoms with van der Waals surface area (Å²) in [5.41, 5.74) is -0.0618. The fourth-order valence-corrected chi connectivity index (χ4v) is 3.78. The number of anilines is 1. The van der Waals surface area contributed by atoms with Gasteiger partial charge in [-0.3, -0.25) is 14.9 Å². The van der Waals surface area contributed by atoms with E-state index in [1.54, 1.807) is 37.4 Å². The number of hydrogen-bond donors (Lipinski definition) is 1. The predicted molar refractivity (Wildman–Crippen MR) is 141 cm³/mol. The number of ether oxygens (including phenoxy) is 3. The van der Waals surface area contributed by atoms with Crippen LogP contribution < -0.4 is 19.5 Å². The molecule has 38 heavy (non-hydrogen) atoms. The van der Waals surface area contributed by atoms with Crippen molar-refractivity contribution in [3.05, 3.63) is 119 Å². The first kappa shape index (κ1) is 24.4. The van der Waals surface area contributed by atoms with Crippen molar-refractivity contribution in [3.63, 3.8) is 0 Å². The molecule has 0 atom stereocenters. The van der Waals surface area contributed by atoms with Crippen LogP contribution in [0.15, 0.2) is 101 Å². The molecule has 0 saturated carbocycles. The van der Waals surface area contributed by atoms with Crippen molar-refractivity contribution in [1.82, 2.24) is 0 Å². The largest absolute Gasteiger partial charge is 0.497 e. The number of nitrogens with one attached hydrogen (secondary N) is 1. The molecule has 0 fully saturated rings. The van der Waals surface area contributed by atoms with E-state index in [0.29, 0.717) is 23.0 Å². The minimum atomic E-state index is -0.571. The number of nitrogens with zero attached hydrogens (tertiary/aromatic N) is 1. The summed E-state index contributed by atoms with van der Waals surface area (Å²) < 4.78 is 22.3. The molecule has 0 radical (unpaired) electrons. The number of fused-ring (bicyclic) bond motifs is 1. The van der Waals surface area contributed by atoms with Gasteiger partial charge >= 0.3 is 0 Å². The van der Waals surface area contributed by atoms with Gasteiger partial charge in [0.15, 0.2) is 5.76 Å². The number of carbonyl (C=O) groups excluding carboxylic acids is 1. The fourth-order valence-electron chi connectivity index (χ4n) is 3.78. The first-order valence-electron chi connectivity index (χ1n) is 11.6. The predicted octanol–water partition coefficient (Wildman–Crippen LogP) is 6.97. The molecular formula is C29H22N2O7. The summed E-state index contributed by atoms with van der Waals surface area (Å²) in [5.74, 6) is 1.86. The zero-order valence-electron chi connectivity index (χ0n) is 20.2. The van der Waals surface area contributed by atoms with E-state index in [9.17, 15) is 14.9 Å². The van der Waals surface area contributed by atoms with Gasteiger partial charge in [-0.25, -0.2) is 0 Å². The van der Waals surface area contributed by atoms with Gasteiger partial charge in [0.25, 0.3) is 11.6 Å². The number of rotatable bonds is 9. The van der Waals surface area contributed by atoms with Gasteiger partial charge in [0.05, 0.1) is 23.8 Å². The Balaban J connectivity index is 1.26. The van der Waals surface area contributed by atoms with E-state index in [0.717, 1.165) is 10.8 Å². The quantitative estimate of drug-likeness (QED) is 0.168. The summed E-state index contributed by atoms with van der Waals surface area (Å²) in [6, 6.07) is 27.6. The number of hydrogen-bond acceptors (Lipinski definition) is 7. The maximum absolute atomic E-state index is 12.8. The van der Waals surface area contributed by atoms with Crippen LogP contribution in [0.3, 0.4) is 0 Å². The SMILES string of the molecule is COc1ccc(Oc2cc(NC(=O)c3ccc(COc4ccc5ccccc5c4)o3)cc([N+](=O)[O-])c2)cc1. The third-order valence-corrected chi connectivity index (χ3v) is 5.64. The normalized spacial score (nSPS) is 10.7. The van der Waals surface area contributed by atoms with Gasteiger partial charge in [0, 0.05) is 12.1 Å². The molecule has 1 heterocycles. The lowest BCUT2D eigenvalue weighted by atomic mass is 10.1. The molecule has 0 aliphatic heterocycles. The van der Waals surface area contributed by atoms with Gasteiger partial charge < -0.3 is 23.9 Å². The average molecular weight is 511 g/mol. The highest BCUT2D eigenvalue weighted by Crippen LogP contribution is 2.31. The maximum atomic E-state index is 12.8.